The first kappa shape index (κ1) is 16.8. The number of ether oxygens (including phenoxy) is 2. The van der Waals surface area contributed by atoms with Gasteiger partial charge in [-0.15, -0.1) is 0 Å². The number of nitrogens with zero attached hydrogens (tertiary/aromatic N) is 1. The van der Waals surface area contributed by atoms with Crippen LogP contribution < -0.4 is 5.73 Å². The third kappa shape index (κ3) is 7.67. The van der Waals surface area contributed by atoms with Gasteiger partial charge in [-0.25, -0.2) is 8.42 Å². The van der Waals surface area contributed by atoms with Crippen LogP contribution in [0.4, 0.5) is 0 Å². The molecular weight excluding hydrogens is 244 g/mol. The summed E-state index contributed by atoms with van der Waals surface area (Å²) in [5, 5.41) is 0. The lowest BCUT2D eigenvalue weighted by Crippen LogP contribution is -2.38. The summed E-state index contributed by atoms with van der Waals surface area (Å²) < 4.78 is 35.2. The molecule has 0 rings (SSSR count). The minimum Gasteiger partial charge on any atom is -0.383 e. The van der Waals surface area contributed by atoms with Gasteiger partial charge in [-0.1, -0.05) is 0 Å². The van der Waals surface area contributed by atoms with Crippen molar-refractivity contribution in [3.05, 3.63) is 0 Å². The number of nitrogens with two attached hydrogens (primary N) is 1. The Kier molecular flexibility index (Phi) is 9.66. The minimum absolute atomic E-state index is 0.137. The van der Waals surface area contributed by atoms with Crippen molar-refractivity contribution >= 4 is 10.0 Å². The Morgan fingerprint density at radius 2 is 1.59 bits per heavy atom. The Hall–Kier alpha value is -0.210. The summed E-state index contributed by atoms with van der Waals surface area (Å²) in [7, 11) is -0.119. The van der Waals surface area contributed by atoms with Gasteiger partial charge in [0.1, 0.15) is 0 Å². The van der Waals surface area contributed by atoms with Gasteiger partial charge in [-0.3, -0.25) is 0 Å². The number of hydrogen-bond acceptors (Lipinski definition) is 5. The Morgan fingerprint density at radius 3 is 2.00 bits per heavy atom. The van der Waals surface area contributed by atoms with Crippen LogP contribution in [0.2, 0.25) is 0 Å². The standard InChI is InChI=1S/C10H24N2O4S/c1-15-8-6-12(7-9-16-2)17(13,14)10-4-3-5-11/h3-11H2,1-2H3. The van der Waals surface area contributed by atoms with Crippen LogP contribution >= 0.6 is 0 Å². The smallest absolute Gasteiger partial charge is 0.214 e. The Labute approximate surface area is 104 Å². The van der Waals surface area contributed by atoms with Crippen LogP contribution in [0.5, 0.6) is 0 Å². The first-order valence-electron chi connectivity index (χ1n) is 5.74. The molecule has 6 nitrogen and oxygen atoms in total. The third-order valence-corrected chi connectivity index (χ3v) is 4.30. The molecule has 104 valence electrons. The van der Waals surface area contributed by atoms with Crippen LogP contribution in [-0.4, -0.2) is 65.5 Å². The molecule has 7 heteroatoms. The van der Waals surface area contributed by atoms with Crippen LogP contribution in [0.15, 0.2) is 0 Å². The summed E-state index contributed by atoms with van der Waals surface area (Å²) in [5.74, 6) is 0.137. The van der Waals surface area contributed by atoms with E-state index in [0.29, 0.717) is 39.3 Å². The number of sulfonamides is 1. The second-order valence-electron chi connectivity index (χ2n) is 3.70. The zero-order chi connectivity index (χ0) is 13.1. The molecule has 0 heterocycles. The Bertz CT molecular complexity index is 261. The van der Waals surface area contributed by atoms with Gasteiger partial charge in [0.15, 0.2) is 0 Å². The molecule has 0 amide bonds. The van der Waals surface area contributed by atoms with E-state index in [4.69, 9.17) is 15.2 Å². The third-order valence-electron chi connectivity index (χ3n) is 2.34. The van der Waals surface area contributed by atoms with Crippen molar-refractivity contribution in [1.82, 2.24) is 4.31 Å². The van der Waals surface area contributed by atoms with E-state index in [-0.39, 0.29) is 5.75 Å². The zero-order valence-electron chi connectivity index (χ0n) is 10.7. The van der Waals surface area contributed by atoms with E-state index >= 15 is 0 Å². The predicted octanol–water partition coefficient (Wildman–Crippen LogP) is -0.350. The van der Waals surface area contributed by atoms with Crippen molar-refractivity contribution < 1.29 is 17.9 Å². The van der Waals surface area contributed by atoms with E-state index in [0.717, 1.165) is 6.42 Å². The van der Waals surface area contributed by atoms with Crippen molar-refractivity contribution in [2.75, 3.05) is 52.8 Å². The highest BCUT2D eigenvalue weighted by Crippen LogP contribution is 2.04. The molecule has 0 aromatic heterocycles. The van der Waals surface area contributed by atoms with Gasteiger partial charge in [0.2, 0.25) is 10.0 Å². The molecule has 0 aromatic rings. The predicted molar refractivity (Wildman–Crippen MR) is 67.4 cm³/mol. The van der Waals surface area contributed by atoms with Crippen LogP contribution in [0, 0.1) is 0 Å². The molecule has 0 atom stereocenters. The van der Waals surface area contributed by atoms with Crippen molar-refractivity contribution in [1.29, 1.82) is 0 Å². The molecule has 0 aliphatic rings. The van der Waals surface area contributed by atoms with Crippen molar-refractivity contribution in [2.24, 2.45) is 5.73 Å². The summed E-state index contributed by atoms with van der Waals surface area (Å²) in [6.45, 7) is 2.03. The van der Waals surface area contributed by atoms with Crippen molar-refractivity contribution in [3.63, 3.8) is 0 Å². The molecule has 0 fully saturated rings. The van der Waals surface area contributed by atoms with Gasteiger partial charge in [-0.05, 0) is 19.4 Å². The number of methoxy groups -OCH3 is 2. The van der Waals surface area contributed by atoms with Gasteiger partial charge >= 0.3 is 0 Å². The SMILES string of the molecule is COCCN(CCOC)S(=O)(=O)CCCCN. The average molecular weight is 268 g/mol. The molecule has 0 aromatic carbocycles. The molecule has 0 aliphatic carbocycles. The number of rotatable bonds is 11. The average Bonchev–Trinajstić information content (AvgIpc) is 2.29. The number of hydrogen-bond donors (Lipinski definition) is 1. The van der Waals surface area contributed by atoms with Crippen LogP contribution in [0.25, 0.3) is 0 Å². The molecule has 0 saturated carbocycles. The largest absolute Gasteiger partial charge is 0.383 e. The topological polar surface area (TPSA) is 81.9 Å². The van der Waals surface area contributed by atoms with Crippen LogP contribution in [-0.2, 0) is 19.5 Å². The molecule has 0 aliphatic heterocycles. The second kappa shape index (κ2) is 9.78. The molecule has 2 N–H and O–H groups in total. The van der Waals surface area contributed by atoms with Gasteiger partial charge < -0.3 is 15.2 Å². The van der Waals surface area contributed by atoms with Crippen molar-refractivity contribution in [3.8, 4) is 0 Å². The molecule has 17 heavy (non-hydrogen) atoms. The lowest BCUT2D eigenvalue weighted by molar-refractivity contribution is 0.150. The van der Waals surface area contributed by atoms with Gasteiger partial charge in [0.05, 0.1) is 19.0 Å². The first-order valence-corrected chi connectivity index (χ1v) is 7.35. The van der Waals surface area contributed by atoms with Gasteiger partial charge in [0.25, 0.3) is 0 Å². The fourth-order valence-corrected chi connectivity index (χ4v) is 2.87. The lowest BCUT2D eigenvalue weighted by atomic mass is 10.3. The highest BCUT2D eigenvalue weighted by molar-refractivity contribution is 7.89. The molecule has 0 radical (unpaired) electrons. The first-order chi connectivity index (χ1) is 8.08. The number of unbranched alkanes of at least 4 members (excludes halogenated alkanes) is 1. The van der Waals surface area contributed by atoms with E-state index in [2.05, 4.69) is 0 Å². The van der Waals surface area contributed by atoms with Crippen LogP contribution in [0.3, 0.4) is 0 Å². The minimum atomic E-state index is -3.22. The van der Waals surface area contributed by atoms with E-state index in [1.54, 1.807) is 14.2 Å². The van der Waals surface area contributed by atoms with Gasteiger partial charge in [0, 0.05) is 27.3 Å². The second-order valence-corrected chi connectivity index (χ2v) is 5.78. The summed E-state index contributed by atoms with van der Waals surface area (Å²) >= 11 is 0. The summed E-state index contributed by atoms with van der Waals surface area (Å²) in [6, 6.07) is 0. The summed E-state index contributed by atoms with van der Waals surface area (Å²) in [5.41, 5.74) is 5.35. The monoisotopic (exact) mass is 268 g/mol. The van der Waals surface area contributed by atoms with E-state index in [1.165, 1.54) is 4.31 Å². The Morgan fingerprint density at radius 1 is 1.06 bits per heavy atom. The Balaban J connectivity index is 4.30. The van der Waals surface area contributed by atoms with E-state index < -0.39 is 10.0 Å². The molecule has 0 spiro atoms. The summed E-state index contributed by atoms with van der Waals surface area (Å²) in [6.07, 6.45) is 1.32. The maximum atomic E-state index is 12.0. The summed E-state index contributed by atoms with van der Waals surface area (Å²) in [4.78, 5) is 0. The fraction of sp³-hybridized carbons (Fsp3) is 1.00. The fourth-order valence-electron chi connectivity index (χ4n) is 1.33. The molecule has 0 unspecified atom stereocenters. The molecular formula is C10H24N2O4S. The van der Waals surface area contributed by atoms with E-state index in [1.807, 2.05) is 0 Å². The molecule has 0 saturated heterocycles. The van der Waals surface area contributed by atoms with E-state index in [9.17, 15) is 8.42 Å². The maximum absolute atomic E-state index is 12.0. The lowest BCUT2D eigenvalue weighted by Gasteiger charge is -2.21. The van der Waals surface area contributed by atoms with Crippen LogP contribution in [0.1, 0.15) is 12.8 Å². The normalized spacial score (nSPS) is 12.2. The highest BCUT2D eigenvalue weighted by atomic mass is 32.2. The van der Waals surface area contributed by atoms with Crippen molar-refractivity contribution in [2.45, 2.75) is 12.8 Å². The maximum Gasteiger partial charge on any atom is 0.214 e. The van der Waals surface area contributed by atoms with Gasteiger partial charge in [-0.2, -0.15) is 4.31 Å². The quantitative estimate of drug-likeness (QED) is 0.518. The zero-order valence-corrected chi connectivity index (χ0v) is 11.5. The molecule has 0 bridgehead atoms. The highest BCUT2D eigenvalue weighted by Gasteiger charge is 2.20.